The summed E-state index contributed by atoms with van der Waals surface area (Å²) in [6.45, 7) is 7.52. The molecule has 0 saturated heterocycles. The zero-order chi connectivity index (χ0) is 19.3. The molecule has 0 aromatic rings. The summed E-state index contributed by atoms with van der Waals surface area (Å²) in [5.74, 6) is 0.270. The van der Waals surface area contributed by atoms with E-state index in [4.69, 9.17) is 0 Å². The van der Waals surface area contributed by atoms with Crippen LogP contribution in [0, 0.1) is 0 Å². The Morgan fingerprint density at radius 1 is 0.654 bits per heavy atom. The number of carbonyl (C=O) groups is 2. The molecule has 0 bridgehead atoms. The molecule has 3 N–H and O–H groups in total. The van der Waals surface area contributed by atoms with Crippen molar-refractivity contribution < 1.29 is 9.59 Å². The van der Waals surface area contributed by atoms with Gasteiger partial charge in [-0.15, -0.1) is 0 Å². The first-order valence-electron chi connectivity index (χ1n) is 10.2. The van der Waals surface area contributed by atoms with Gasteiger partial charge in [-0.2, -0.15) is 0 Å². The quantitative estimate of drug-likeness (QED) is 0.273. The van der Waals surface area contributed by atoms with Crippen molar-refractivity contribution in [3.63, 3.8) is 0 Å². The number of carbonyl (C=O) groups excluding carboxylic acids is 2. The number of hydrogen-bond acceptors (Lipinski definition) is 3. The predicted octanol–water partition coefficient (Wildman–Crippen LogP) is 3.47. The highest BCUT2D eigenvalue weighted by Gasteiger charge is 1.99. The lowest BCUT2D eigenvalue weighted by molar-refractivity contribution is -0.121. The summed E-state index contributed by atoms with van der Waals surface area (Å²) in [4.78, 5) is 23.1. The molecule has 0 saturated carbocycles. The zero-order valence-corrected chi connectivity index (χ0v) is 16.8. The standard InChI is InChI=1S/C21H39N3O2/c1-3-5-7-9-14-20(25)23-18-12-11-16-22-17-13-19-24-21(26)15-10-8-6-4-2/h5-8,22H,3-4,9-19H2,1-2H3,(H,23,25)(H,24,26). The molecule has 0 aromatic heterocycles. The van der Waals surface area contributed by atoms with Crippen LogP contribution in [0.5, 0.6) is 0 Å². The Balaban J connectivity index is 3.28. The Hall–Kier alpha value is -1.62. The van der Waals surface area contributed by atoms with Crippen molar-refractivity contribution in [3.05, 3.63) is 24.3 Å². The number of amides is 2. The third-order valence-electron chi connectivity index (χ3n) is 3.84. The highest BCUT2D eigenvalue weighted by Crippen LogP contribution is 1.94. The fourth-order valence-corrected chi connectivity index (χ4v) is 2.34. The molecule has 5 heteroatoms. The van der Waals surface area contributed by atoms with E-state index >= 15 is 0 Å². The molecule has 0 aliphatic carbocycles. The van der Waals surface area contributed by atoms with Gasteiger partial charge in [-0.05, 0) is 58.0 Å². The van der Waals surface area contributed by atoms with Gasteiger partial charge in [0.2, 0.25) is 11.8 Å². The summed E-state index contributed by atoms with van der Waals surface area (Å²) >= 11 is 0. The molecule has 5 nitrogen and oxygen atoms in total. The fourth-order valence-electron chi connectivity index (χ4n) is 2.34. The number of allylic oxidation sites excluding steroid dienone is 4. The van der Waals surface area contributed by atoms with Gasteiger partial charge >= 0.3 is 0 Å². The van der Waals surface area contributed by atoms with E-state index in [1.54, 1.807) is 0 Å². The summed E-state index contributed by atoms with van der Waals surface area (Å²) in [5, 5.41) is 9.27. The Morgan fingerprint density at radius 3 is 1.65 bits per heavy atom. The smallest absolute Gasteiger partial charge is 0.220 e. The molecule has 0 radical (unpaired) electrons. The van der Waals surface area contributed by atoms with Gasteiger partial charge in [0, 0.05) is 25.9 Å². The summed E-state index contributed by atoms with van der Waals surface area (Å²) in [5.41, 5.74) is 0. The minimum Gasteiger partial charge on any atom is -0.356 e. The second-order valence-electron chi connectivity index (χ2n) is 6.35. The van der Waals surface area contributed by atoms with Gasteiger partial charge in [0.25, 0.3) is 0 Å². The molecule has 0 aliphatic heterocycles. The molecular weight excluding hydrogens is 326 g/mol. The second kappa shape index (κ2) is 19.7. The number of nitrogens with one attached hydrogen (secondary N) is 3. The van der Waals surface area contributed by atoms with Crippen LogP contribution in [0.25, 0.3) is 0 Å². The molecule has 26 heavy (non-hydrogen) atoms. The van der Waals surface area contributed by atoms with Crippen LogP contribution >= 0.6 is 0 Å². The molecule has 0 fully saturated rings. The Kier molecular flexibility index (Phi) is 18.5. The second-order valence-corrected chi connectivity index (χ2v) is 6.35. The van der Waals surface area contributed by atoms with E-state index in [2.05, 4.69) is 54.1 Å². The minimum absolute atomic E-state index is 0.131. The highest BCUT2D eigenvalue weighted by atomic mass is 16.2. The van der Waals surface area contributed by atoms with E-state index in [0.717, 1.165) is 71.1 Å². The Bertz CT molecular complexity index is 368. The molecule has 0 rings (SSSR count). The van der Waals surface area contributed by atoms with Crippen molar-refractivity contribution in [2.45, 2.75) is 71.6 Å². The highest BCUT2D eigenvalue weighted by molar-refractivity contribution is 5.76. The van der Waals surface area contributed by atoms with Gasteiger partial charge in [0.1, 0.15) is 0 Å². The topological polar surface area (TPSA) is 70.2 Å². The number of rotatable bonds is 17. The van der Waals surface area contributed by atoms with Gasteiger partial charge in [-0.1, -0.05) is 38.2 Å². The molecule has 0 atom stereocenters. The van der Waals surface area contributed by atoms with Crippen LogP contribution in [0.4, 0.5) is 0 Å². The molecular formula is C21H39N3O2. The predicted molar refractivity (Wildman–Crippen MR) is 110 cm³/mol. The van der Waals surface area contributed by atoms with Crippen molar-refractivity contribution in [1.82, 2.24) is 16.0 Å². The van der Waals surface area contributed by atoms with E-state index in [1.807, 2.05) is 0 Å². The lowest BCUT2D eigenvalue weighted by atomic mass is 10.2. The molecule has 0 spiro atoms. The maximum absolute atomic E-state index is 11.6. The first-order chi connectivity index (χ1) is 12.7. The van der Waals surface area contributed by atoms with Gasteiger partial charge < -0.3 is 16.0 Å². The van der Waals surface area contributed by atoms with E-state index in [0.29, 0.717) is 12.8 Å². The van der Waals surface area contributed by atoms with Crippen molar-refractivity contribution in [2.24, 2.45) is 0 Å². The van der Waals surface area contributed by atoms with Crippen LogP contribution < -0.4 is 16.0 Å². The van der Waals surface area contributed by atoms with Gasteiger partial charge in [0.05, 0.1) is 0 Å². The minimum atomic E-state index is 0.131. The largest absolute Gasteiger partial charge is 0.356 e. The SMILES string of the molecule is CCC=CCCC(=O)NCCCCNCCCNC(=O)CCC=CCC. The Morgan fingerprint density at radius 2 is 1.12 bits per heavy atom. The number of unbranched alkanes of at least 4 members (excludes halogenated alkanes) is 1. The molecule has 2 amide bonds. The molecule has 0 heterocycles. The average molecular weight is 366 g/mol. The van der Waals surface area contributed by atoms with Crippen LogP contribution in [0.3, 0.4) is 0 Å². The van der Waals surface area contributed by atoms with Crippen molar-refractivity contribution in [2.75, 3.05) is 26.2 Å². The lowest BCUT2D eigenvalue weighted by Gasteiger charge is -2.07. The summed E-state index contributed by atoms with van der Waals surface area (Å²) < 4.78 is 0. The van der Waals surface area contributed by atoms with Crippen molar-refractivity contribution in [1.29, 1.82) is 0 Å². The molecule has 0 aromatic carbocycles. The van der Waals surface area contributed by atoms with Crippen LogP contribution in [-0.4, -0.2) is 38.0 Å². The van der Waals surface area contributed by atoms with Crippen LogP contribution in [0.15, 0.2) is 24.3 Å². The van der Waals surface area contributed by atoms with E-state index < -0.39 is 0 Å². The molecule has 0 unspecified atom stereocenters. The maximum Gasteiger partial charge on any atom is 0.220 e. The van der Waals surface area contributed by atoms with Crippen LogP contribution in [0.2, 0.25) is 0 Å². The lowest BCUT2D eigenvalue weighted by Crippen LogP contribution is -2.28. The maximum atomic E-state index is 11.6. The first kappa shape index (κ1) is 24.4. The zero-order valence-electron chi connectivity index (χ0n) is 16.8. The normalized spacial score (nSPS) is 11.3. The van der Waals surface area contributed by atoms with Gasteiger partial charge in [-0.3, -0.25) is 9.59 Å². The average Bonchev–Trinajstić information content (AvgIpc) is 2.64. The molecule has 0 aliphatic rings. The summed E-state index contributed by atoms with van der Waals surface area (Å²) in [6, 6.07) is 0. The third-order valence-corrected chi connectivity index (χ3v) is 3.84. The van der Waals surface area contributed by atoms with Crippen molar-refractivity contribution >= 4 is 11.8 Å². The van der Waals surface area contributed by atoms with E-state index in [9.17, 15) is 9.59 Å². The Labute approximate surface area is 160 Å². The number of hydrogen-bond donors (Lipinski definition) is 3. The third kappa shape index (κ3) is 18.7. The fraction of sp³-hybridized carbons (Fsp3) is 0.714. The molecule has 150 valence electrons. The summed E-state index contributed by atoms with van der Waals surface area (Å²) in [6.07, 6.45) is 16.1. The van der Waals surface area contributed by atoms with Crippen molar-refractivity contribution in [3.8, 4) is 0 Å². The van der Waals surface area contributed by atoms with Crippen LogP contribution in [-0.2, 0) is 9.59 Å². The van der Waals surface area contributed by atoms with Gasteiger partial charge in [-0.25, -0.2) is 0 Å². The monoisotopic (exact) mass is 365 g/mol. The van der Waals surface area contributed by atoms with Gasteiger partial charge in [0.15, 0.2) is 0 Å². The van der Waals surface area contributed by atoms with E-state index in [1.165, 1.54) is 0 Å². The first-order valence-corrected chi connectivity index (χ1v) is 10.2. The summed E-state index contributed by atoms with van der Waals surface area (Å²) in [7, 11) is 0. The van der Waals surface area contributed by atoms with Crippen LogP contribution in [0.1, 0.15) is 71.6 Å². The van der Waals surface area contributed by atoms with E-state index in [-0.39, 0.29) is 11.8 Å².